The molecule has 0 spiro atoms. The summed E-state index contributed by atoms with van der Waals surface area (Å²) in [6.45, 7) is 0.0190. The number of nitrogens with zero attached hydrogens (tertiary/aromatic N) is 2. The molecule has 1 amide bonds. The molecular weight excluding hydrogens is 237 g/mol. The molecular formula is C12H12FN3O2. The lowest BCUT2D eigenvalue weighted by Crippen LogP contribution is -2.26. The second kappa shape index (κ2) is 5.42. The topological polar surface area (TPSA) is 67.2 Å². The second-order valence-corrected chi connectivity index (χ2v) is 3.58. The van der Waals surface area contributed by atoms with Crippen molar-refractivity contribution in [3.8, 4) is 5.69 Å². The lowest BCUT2D eigenvalue weighted by atomic mass is 10.3. The average Bonchev–Trinajstić information content (AvgIpc) is 2.86. The van der Waals surface area contributed by atoms with Crippen LogP contribution in [0.1, 0.15) is 10.5 Å². The number of nitrogens with one attached hydrogen (secondary N) is 1. The SMILES string of the molecule is O=C(NCCO)c1ccn(-c2ccccc2F)n1. The minimum atomic E-state index is -0.414. The lowest BCUT2D eigenvalue weighted by molar-refractivity contribution is 0.0939. The number of aromatic nitrogens is 2. The first-order valence-corrected chi connectivity index (χ1v) is 5.42. The van der Waals surface area contributed by atoms with E-state index in [9.17, 15) is 9.18 Å². The second-order valence-electron chi connectivity index (χ2n) is 3.58. The van der Waals surface area contributed by atoms with Crippen LogP contribution in [0, 0.1) is 5.82 Å². The normalized spacial score (nSPS) is 10.3. The smallest absolute Gasteiger partial charge is 0.271 e. The van der Waals surface area contributed by atoms with E-state index in [1.54, 1.807) is 18.2 Å². The van der Waals surface area contributed by atoms with E-state index in [0.29, 0.717) is 0 Å². The summed E-state index contributed by atoms with van der Waals surface area (Å²) in [5, 5.41) is 15.0. The van der Waals surface area contributed by atoms with Crippen molar-refractivity contribution in [2.75, 3.05) is 13.2 Å². The molecule has 0 aliphatic carbocycles. The summed E-state index contributed by atoms with van der Waals surface area (Å²) in [5.41, 5.74) is 0.449. The summed E-state index contributed by atoms with van der Waals surface area (Å²) in [5.74, 6) is -0.818. The van der Waals surface area contributed by atoms with Crippen LogP contribution in [0.3, 0.4) is 0 Å². The van der Waals surface area contributed by atoms with Gasteiger partial charge in [-0.15, -0.1) is 0 Å². The molecule has 2 rings (SSSR count). The van der Waals surface area contributed by atoms with Crippen LogP contribution in [-0.2, 0) is 0 Å². The minimum Gasteiger partial charge on any atom is -0.395 e. The van der Waals surface area contributed by atoms with Gasteiger partial charge in [-0.2, -0.15) is 5.10 Å². The number of aliphatic hydroxyl groups is 1. The zero-order chi connectivity index (χ0) is 13.0. The predicted octanol–water partition coefficient (Wildman–Crippen LogP) is 0.734. The Morgan fingerprint density at radius 2 is 2.17 bits per heavy atom. The maximum Gasteiger partial charge on any atom is 0.271 e. The van der Waals surface area contributed by atoms with Crippen molar-refractivity contribution in [2.24, 2.45) is 0 Å². The van der Waals surface area contributed by atoms with Crippen LogP contribution in [0.4, 0.5) is 4.39 Å². The molecule has 1 aromatic carbocycles. The molecule has 0 fully saturated rings. The van der Waals surface area contributed by atoms with Gasteiger partial charge in [-0.1, -0.05) is 12.1 Å². The molecule has 1 heterocycles. The van der Waals surface area contributed by atoms with Gasteiger partial charge in [0.05, 0.1) is 6.61 Å². The van der Waals surface area contributed by atoms with Gasteiger partial charge in [0.15, 0.2) is 5.69 Å². The Balaban J connectivity index is 2.21. The quantitative estimate of drug-likeness (QED) is 0.839. The van der Waals surface area contributed by atoms with Crippen LogP contribution in [0.25, 0.3) is 5.69 Å². The van der Waals surface area contributed by atoms with Gasteiger partial charge in [0.2, 0.25) is 0 Å². The highest BCUT2D eigenvalue weighted by atomic mass is 19.1. The highest BCUT2D eigenvalue weighted by Gasteiger charge is 2.10. The van der Waals surface area contributed by atoms with Crippen molar-refractivity contribution in [3.63, 3.8) is 0 Å². The van der Waals surface area contributed by atoms with E-state index < -0.39 is 11.7 Å². The number of hydrogen-bond donors (Lipinski definition) is 2. The minimum absolute atomic E-state index is 0.139. The molecule has 0 atom stereocenters. The van der Waals surface area contributed by atoms with Crippen LogP contribution >= 0.6 is 0 Å². The molecule has 18 heavy (non-hydrogen) atoms. The Kier molecular flexibility index (Phi) is 3.69. The molecule has 94 valence electrons. The first-order chi connectivity index (χ1) is 8.72. The van der Waals surface area contributed by atoms with E-state index in [0.717, 1.165) is 0 Å². The van der Waals surface area contributed by atoms with E-state index in [1.165, 1.54) is 23.0 Å². The number of hydrogen-bond acceptors (Lipinski definition) is 3. The number of carbonyl (C=O) groups is 1. The van der Waals surface area contributed by atoms with Gasteiger partial charge < -0.3 is 10.4 Å². The summed E-state index contributed by atoms with van der Waals surface area (Å²) in [7, 11) is 0. The van der Waals surface area contributed by atoms with E-state index in [4.69, 9.17) is 5.11 Å². The Morgan fingerprint density at radius 1 is 1.39 bits per heavy atom. The molecule has 1 aromatic heterocycles. The van der Waals surface area contributed by atoms with Gasteiger partial charge >= 0.3 is 0 Å². The van der Waals surface area contributed by atoms with Crippen molar-refractivity contribution in [1.29, 1.82) is 0 Å². The Hall–Kier alpha value is -2.21. The third kappa shape index (κ3) is 2.54. The number of halogens is 1. The zero-order valence-electron chi connectivity index (χ0n) is 9.51. The molecule has 6 heteroatoms. The Bertz CT molecular complexity index is 554. The van der Waals surface area contributed by atoms with Crippen molar-refractivity contribution in [1.82, 2.24) is 15.1 Å². The summed E-state index contributed by atoms with van der Waals surface area (Å²) in [4.78, 5) is 11.5. The summed E-state index contributed by atoms with van der Waals surface area (Å²) < 4.78 is 14.8. The summed E-state index contributed by atoms with van der Waals surface area (Å²) in [6.07, 6.45) is 1.51. The Morgan fingerprint density at radius 3 is 2.89 bits per heavy atom. The van der Waals surface area contributed by atoms with Crippen molar-refractivity contribution >= 4 is 5.91 Å². The number of benzene rings is 1. The maximum atomic E-state index is 13.5. The van der Waals surface area contributed by atoms with Crippen LogP contribution in [0.15, 0.2) is 36.5 Å². The van der Waals surface area contributed by atoms with Crippen LogP contribution < -0.4 is 5.32 Å². The molecule has 0 bridgehead atoms. The van der Waals surface area contributed by atoms with E-state index in [2.05, 4.69) is 10.4 Å². The van der Waals surface area contributed by atoms with Crippen LogP contribution in [0.2, 0.25) is 0 Å². The fourth-order valence-corrected chi connectivity index (χ4v) is 1.48. The van der Waals surface area contributed by atoms with Gasteiger partial charge in [-0.3, -0.25) is 4.79 Å². The van der Waals surface area contributed by atoms with Crippen LogP contribution in [0.5, 0.6) is 0 Å². The number of amides is 1. The largest absolute Gasteiger partial charge is 0.395 e. The van der Waals surface area contributed by atoms with Crippen molar-refractivity contribution in [3.05, 3.63) is 48.0 Å². The van der Waals surface area contributed by atoms with E-state index in [1.807, 2.05) is 0 Å². The summed E-state index contributed by atoms with van der Waals surface area (Å²) >= 11 is 0. The molecule has 0 aliphatic heterocycles. The fraction of sp³-hybridized carbons (Fsp3) is 0.167. The first-order valence-electron chi connectivity index (χ1n) is 5.42. The average molecular weight is 249 g/mol. The number of rotatable bonds is 4. The molecule has 0 unspecified atom stereocenters. The molecule has 0 saturated heterocycles. The van der Waals surface area contributed by atoms with E-state index in [-0.39, 0.29) is 24.5 Å². The standard InChI is InChI=1S/C12H12FN3O2/c13-9-3-1-2-4-11(9)16-7-5-10(15-16)12(18)14-6-8-17/h1-5,7,17H,6,8H2,(H,14,18). The van der Waals surface area contributed by atoms with Gasteiger partial charge in [0.25, 0.3) is 5.91 Å². The fourth-order valence-electron chi connectivity index (χ4n) is 1.48. The van der Waals surface area contributed by atoms with Crippen molar-refractivity contribution < 1.29 is 14.3 Å². The number of aliphatic hydroxyl groups excluding tert-OH is 1. The third-order valence-electron chi connectivity index (χ3n) is 2.32. The van der Waals surface area contributed by atoms with Gasteiger partial charge in [-0.05, 0) is 18.2 Å². The summed E-state index contributed by atoms with van der Waals surface area (Å²) in [6, 6.07) is 7.64. The van der Waals surface area contributed by atoms with Crippen molar-refractivity contribution in [2.45, 2.75) is 0 Å². The lowest BCUT2D eigenvalue weighted by Gasteiger charge is -2.02. The van der Waals surface area contributed by atoms with Crippen LogP contribution in [-0.4, -0.2) is 33.9 Å². The molecule has 0 saturated carbocycles. The van der Waals surface area contributed by atoms with Gasteiger partial charge in [0, 0.05) is 12.7 Å². The Labute approximate surface area is 103 Å². The maximum absolute atomic E-state index is 13.5. The first kappa shape index (κ1) is 12.3. The molecule has 5 nitrogen and oxygen atoms in total. The molecule has 0 aliphatic rings. The highest BCUT2D eigenvalue weighted by Crippen LogP contribution is 2.11. The van der Waals surface area contributed by atoms with Gasteiger partial charge in [-0.25, -0.2) is 9.07 Å². The monoisotopic (exact) mass is 249 g/mol. The number of para-hydroxylation sites is 1. The molecule has 2 aromatic rings. The molecule has 2 N–H and O–H groups in total. The van der Waals surface area contributed by atoms with E-state index >= 15 is 0 Å². The van der Waals surface area contributed by atoms with Gasteiger partial charge in [0.1, 0.15) is 11.5 Å². The molecule has 0 radical (unpaired) electrons. The third-order valence-corrected chi connectivity index (χ3v) is 2.32. The number of carbonyl (C=O) groups excluding carboxylic acids is 1. The zero-order valence-corrected chi connectivity index (χ0v) is 9.51. The highest BCUT2D eigenvalue weighted by molar-refractivity contribution is 5.92. The predicted molar refractivity (Wildman–Crippen MR) is 62.9 cm³/mol.